The van der Waals surface area contributed by atoms with Crippen LogP contribution in [0.15, 0.2) is 4.99 Å². The predicted molar refractivity (Wildman–Crippen MR) is 101 cm³/mol. The molecule has 1 unspecified atom stereocenters. The Morgan fingerprint density at radius 3 is 2.85 bits per heavy atom. The molecule has 0 aromatic heterocycles. The first-order chi connectivity index (χ1) is 9.17. The fourth-order valence-corrected chi connectivity index (χ4v) is 3.23. The highest BCUT2D eigenvalue weighted by atomic mass is 127. The number of ether oxygens (including phenoxy) is 1. The van der Waals surface area contributed by atoms with E-state index in [0.29, 0.717) is 5.92 Å². The van der Waals surface area contributed by atoms with Gasteiger partial charge in [0.15, 0.2) is 5.96 Å². The lowest BCUT2D eigenvalue weighted by Gasteiger charge is -2.34. The van der Waals surface area contributed by atoms with E-state index in [1.54, 1.807) is 0 Å². The van der Waals surface area contributed by atoms with Gasteiger partial charge in [-0.3, -0.25) is 4.99 Å². The second kappa shape index (κ2) is 11.9. The van der Waals surface area contributed by atoms with Crippen molar-refractivity contribution < 1.29 is 4.74 Å². The van der Waals surface area contributed by atoms with E-state index in [1.165, 1.54) is 12.2 Å². The Kier molecular flexibility index (Phi) is 12.1. The Balaban J connectivity index is 0.00000361. The minimum absolute atomic E-state index is 0. The molecule has 1 aliphatic heterocycles. The van der Waals surface area contributed by atoms with Gasteiger partial charge in [-0.1, -0.05) is 20.8 Å². The molecule has 0 aliphatic carbocycles. The molecule has 0 amide bonds. The number of nitrogens with zero attached hydrogens (tertiary/aromatic N) is 2. The molecule has 1 rings (SSSR count). The first kappa shape index (κ1) is 20.3. The zero-order chi connectivity index (χ0) is 14.1. The molecule has 0 bridgehead atoms. The molecule has 0 saturated carbocycles. The Morgan fingerprint density at radius 2 is 2.25 bits per heavy atom. The van der Waals surface area contributed by atoms with Crippen LogP contribution in [0, 0.1) is 5.92 Å². The molecule has 1 saturated heterocycles. The van der Waals surface area contributed by atoms with Gasteiger partial charge in [0.2, 0.25) is 0 Å². The van der Waals surface area contributed by atoms with Gasteiger partial charge in [-0.15, -0.1) is 24.0 Å². The molecule has 120 valence electrons. The fraction of sp³-hybridized carbons (Fsp3) is 0.929. The van der Waals surface area contributed by atoms with E-state index in [2.05, 4.69) is 47.7 Å². The number of rotatable bonds is 6. The van der Waals surface area contributed by atoms with Crippen LogP contribution in [-0.2, 0) is 4.74 Å². The van der Waals surface area contributed by atoms with E-state index in [1.807, 2.05) is 7.05 Å². The number of hydrogen-bond acceptors (Lipinski definition) is 3. The van der Waals surface area contributed by atoms with Crippen molar-refractivity contribution in [2.24, 2.45) is 10.9 Å². The molecule has 0 aromatic rings. The summed E-state index contributed by atoms with van der Waals surface area (Å²) in [5, 5.41) is 4.14. The first-order valence-corrected chi connectivity index (χ1v) is 8.37. The van der Waals surface area contributed by atoms with Gasteiger partial charge < -0.3 is 15.0 Å². The van der Waals surface area contributed by atoms with Crippen LogP contribution in [0.4, 0.5) is 0 Å². The molecular weight excluding hydrogens is 385 g/mol. The number of thioether (sulfide) groups is 1. The van der Waals surface area contributed by atoms with Crippen molar-refractivity contribution in [1.82, 2.24) is 10.2 Å². The van der Waals surface area contributed by atoms with Crippen molar-refractivity contribution in [1.29, 1.82) is 0 Å². The highest BCUT2D eigenvalue weighted by Gasteiger charge is 2.21. The summed E-state index contributed by atoms with van der Waals surface area (Å²) in [5.41, 5.74) is 0. The van der Waals surface area contributed by atoms with Crippen molar-refractivity contribution in [3.8, 4) is 0 Å². The molecule has 0 radical (unpaired) electrons. The van der Waals surface area contributed by atoms with Gasteiger partial charge in [-0.05, 0) is 12.3 Å². The van der Waals surface area contributed by atoms with E-state index >= 15 is 0 Å². The number of aliphatic imine (C=N–C) groups is 1. The highest BCUT2D eigenvalue weighted by molar-refractivity contribution is 14.0. The fourth-order valence-electron chi connectivity index (χ4n) is 2.05. The average Bonchev–Trinajstić information content (AvgIpc) is 2.42. The smallest absolute Gasteiger partial charge is 0.193 e. The largest absolute Gasteiger partial charge is 0.379 e. The highest BCUT2D eigenvalue weighted by Crippen LogP contribution is 2.20. The van der Waals surface area contributed by atoms with Crippen LogP contribution in [-0.4, -0.2) is 61.8 Å². The predicted octanol–water partition coefficient (Wildman–Crippen LogP) is 2.68. The standard InChI is InChI=1S/C14H29N3OS.HI/c1-5-13-10-17(7-9-19-13)14(15-4)16-6-8-18-11-12(2)3;/h12-13H,5-11H2,1-4H3,(H,15,16);1H. The minimum Gasteiger partial charge on any atom is -0.379 e. The number of hydrogen-bond donors (Lipinski definition) is 1. The maximum Gasteiger partial charge on any atom is 0.193 e. The molecule has 1 atom stereocenters. The van der Waals surface area contributed by atoms with Crippen molar-refractivity contribution in [3.63, 3.8) is 0 Å². The molecule has 0 aromatic carbocycles. The molecule has 20 heavy (non-hydrogen) atoms. The van der Waals surface area contributed by atoms with Crippen molar-refractivity contribution in [3.05, 3.63) is 0 Å². The third-order valence-electron chi connectivity index (χ3n) is 3.09. The normalized spacial score (nSPS) is 19.9. The summed E-state index contributed by atoms with van der Waals surface area (Å²) in [4.78, 5) is 6.75. The monoisotopic (exact) mass is 415 g/mol. The lowest BCUT2D eigenvalue weighted by Crippen LogP contribution is -2.48. The van der Waals surface area contributed by atoms with Crippen molar-refractivity contribution >= 4 is 41.7 Å². The topological polar surface area (TPSA) is 36.9 Å². The van der Waals surface area contributed by atoms with Crippen molar-refractivity contribution in [2.75, 3.05) is 45.6 Å². The summed E-state index contributed by atoms with van der Waals surface area (Å²) in [7, 11) is 1.86. The minimum atomic E-state index is 0. The summed E-state index contributed by atoms with van der Waals surface area (Å²) in [5.74, 6) is 2.82. The van der Waals surface area contributed by atoms with Gasteiger partial charge in [0, 0.05) is 44.3 Å². The van der Waals surface area contributed by atoms with E-state index in [9.17, 15) is 0 Å². The summed E-state index contributed by atoms with van der Waals surface area (Å²) in [6.07, 6.45) is 1.23. The zero-order valence-corrected chi connectivity index (χ0v) is 16.4. The maximum absolute atomic E-state index is 5.58. The van der Waals surface area contributed by atoms with Gasteiger partial charge >= 0.3 is 0 Å². The Labute approximate surface area is 145 Å². The van der Waals surface area contributed by atoms with E-state index in [0.717, 1.165) is 44.1 Å². The van der Waals surface area contributed by atoms with Crippen LogP contribution in [0.3, 0.4) is 0 Å². The lowest BCUT2D eigenvalue weighted by molar-refractivity contribution is 0.114. The second-order valence-corrected chi connectivity index (χ2v) is 6.70. The SMILES string of the molecule is CCC1CN(C(=NC)NCCOCC(C)C)CCS1.I. The summed E-state index contributed by atoms with van der Waals surface area (Å²) in [6, 6.07) is 0. The van der Waals surface area contributed by atoms with Crippen LogP contribution in [0.25, 0.3) is 0 Å². The van der Waals surface area contributed by atoms with Gasteiger partial charge in [-0.2, -0.15) is 11.8 Å². The Hall–Kier alpha value is 0.310. The Bertz CT molecular complexity index is 277. The van der Waals surface area contributed by atoms with Crippen LogP contribution >= 0.6 is 35.7 Å². The van der Waals surface area contributed by atoms with Gasteiger partial charge in [0.1, 0.15) is 0 Å². The molecule has 1 N–H and O–H groups in total. The summed E-state index contributed by atoms with van der Waals surface area (Å²) >= 11 is 2.08. The summed E-state index contributed by atoms with van der Waals surface area (Å²) in [6.45, 7) is 11.2. The van der Waals surface area contributed by atoms with E-state index < -0.39 is 0 Å². The molecule has 1 heterocycles. The van der Waals surface area contributed by atoms with Crippen LogP contribution in [0.5, 0.6) is 0 Å². The van der Waals surface area contributed by atoms with E-state index in [4.69, 9.17) is 4.74 Å². The van der Waals surface area contributed by atoms with Gasteiger partial charge in [0.05, 0.1) is 6.61 Å². The van der Waals surface area contributed by atoms with Gasteiger partial charge in [-0.25, -0.2) is 0 Å². The second-order valence-electron chi connectivity index (χ2n) is 5.29. The molecule has 1 fully saturated rings. The molecular formula is C14H30IN3OS. The van der Waals surface area contributed by atoms with E-state index in [-0.39, 0.29) is 24.0 Å². The average molecular weight is 415 g/mol. The zero-order valence-electron chi connectivity index (χ0n) is 13.2. The molecule has 1 aliphatic rings. The number of nitrogens with one attached hydrogen (secondary N) is 1. The quantitative estimate of drug-likeness (QED) is 0.313. The number of halogens is 1. The van der Waals surface area contributed by atoms with Gasteiger partial charge in [0.25, 0.3) is 0 Å². The van der Waals surface area contributed by atoms with Crippen molar-refractivity contribution in [2.45, 2.75) is 32.4 Å². The third-order valence-corrected chi connectivity index (χ3v) is 4.46. The third kappa shape index (κ3) is 7.93. The first-order valence-electron chi connectivity index (χ1n) is 7.32. The Morgan fingerprint density at radius 1 is 1.50 bits per heavy atom. The van der Waals surface area contributed by atoms with Crippen LogP contribution < -0.4 is 5.32 Å². The summed E-state index contributed by atoms with van der Waals surface area (Å²) < 4.78 is 5.58. The molecule has 0 spiro atoms. The lowest BCUT2D eigenvalue weighted by atomic mass is 10.2. The number of guanidine groups is 1. The molecule has 4 nitrogen and oxygen atoms in total. The maximum atomic E-state index is 5.58. The molecule has 6 heteroatoms. The van der Waals surface area contributed by atoms with Crippen LogP contribution in [0.2, 0.25) is 0 Å². The van der Waals surface area contributed by atoms with Crippen LogP contribution in [0.1, 0.15) is 27.2 Å².